The monoisotopic (exact) mass is 285 g/mol. The molecule has 0 spiro atoms. The van der Waals surface area contributed by atoms with Gasteiger partial charge in [-0.1, -0.05) is 23.2 Å². The van der Waals surface area contributed by atoms with E-state index in [1.54, 1.807) is 0 Å². The Balaban J connectivity index is 2.09. The summed E-state index contributed by atoms with van der Waals surface area (Å²) in [7, 11) is 0. The Hall–Kier alpha value is -1.79. The van der Waals surface area contributed by atoms with Gasteiger partial charge >= 0.3 is 0 Å². The summed E-state index contributed by atoms with van der Waals surface area (Å²) in [4.78, 5) is 15.7. The van der Waals surface area contributed by atoms with Crippen molar-refractivity contribution in [2.45, 2.75) is 6.54 Å². The minimum Gasteiger partial charge on any atom is -0.397 e. The largest absolute Gasteiger partial charge is 0.397 e. The molecular formula is C10H9Cl2N5O. The average Bonchev–Trinajstić information content (AvgIpc) is 2.85. The highest BCUT2D eigenvalue weighted by Crippen LogP contribution is 2.29. The molecule has 2 rings (SSSR count). The topological polar surface area (TPSA) is 96.7 Å². The number of benzene rings is 1. The molecule has 18 heavy (non-hydrogen) atoms. The SMILES string of the molecule is Nc1cc(C(=O)NCc2ncn[nH]2)cc(Cl)c1Cl. The van der Waals surface area contributed by atoms with Crippen molar-refractivity contribution in [2.24, 2.45) is 0 Å². The maximum absolute atomic E-state index is 11.8. The molecule has 0 aliphatic heterocycles. The Labute approximate surface area is 112 Å². The summed E-state index contributed by atoms with van der Waals surface area (Å²) < 4.78 is 0. The second kappa shape index (κ2) is 5.24. The number of carbonyl (C=O) groups excluding carboxylic acids is 1. The first-order valence-corrected chi connectivity index (χ1v) is 5.70. The molecule has 0 fully saturated rings. The number of hydrogen-bond donors (Lipinski definition) is 3. The summed E-state index contributed by atoms with van der Waals surface area (Å²) in [6, 6.07) is 2.92. The molecule has 1 aromatic carbocycles. The van der Waals surface area contributed by atoms with E-state index in [4.69, 9.17) is 28.9 Å². The molecule has 1 amide bonds. The van der Waals surface area contributed by atoms with Crippen LogP contribution in [0.15, 0.2) is 18.5 Å². The van der Waals surface area contributed by atoms with Gasteiger partial charge < -0.3 is 11.1 Å². The predicted molar refractivity (Wildman–Crippen MR) is 68.4 cm³/mol. The van der Waals surface area contributed by atoms with Gasteiger partial charge in [-0.05, 0) is 12.1 Å². The van der Waals surface area contributed by atoms with E-state index in [1.165, 1.54) is 18.5 Å². The van der Waals surface area contributed by atoms with Crippen molar-refractivity contribution in [3.63, 3.8) is 0 Å². The first kappa shape index (κ1) is 12.7. The predicted octanol–water partition coefficient (Wildman–Crippen LogP) is 1.62. The molecule has 2 aromatic rings. The van der Waals surface area contributed by atoms with Crippen LogP contribution in [0.2, 0.25) is 10.0 Å². The maximum Gasteiger partial charge on any atom is 0.251 e. The highest BCUT2D eigenvalue weighted by atomic mass is 35.5. The number of nitrogens with one attached hydrogen (secondary N) is 2. The van der Waals surface area contributed by atoms with Crippen LogP contribution in [0.1, 0.15) is 16.2 Å². The molecule has 0 saturated heterocycles. The molecule has 0 bridgehead atoms. The second-order valence-electron chi connectivity index (χ2n) is 3.48. The smallest absolute Gasteiger partial charge is 0.251 e. The van der Waals surface area contributed by atoms with E-state index in [1.807, 2.05) is 0 Å². The minimum atomic E-state index is -0.323. The fourth-order valence-corrected chi connectivity index (χ4v) is 1.66. The fraction of sp³-hybridized carbons (Fsp3) is 0.100. The van der Waals surface area contributed by atoms with Crippen molar-refractivity contribution < 1.29 is 4.79 Å². The van der Waals surface area contributed by atoms with E-state index in [0.717, 1.165) is 0 Å². The zero-order valence-corrected chi connectivity index (χ0v) is 10.6. The molecule has 1 heterocycles. The second-order valence-corrected chi connectivity index (χ2v) is 4.26. The Bertz CT molecular complexity index is 547. The van der Waals surface area contributed by atoms with E-state index in [-0.39, 0.29) is 28.2 Å². The normalized spacial score (nSPS) is 10.3. The van der Waals surface area contributed by atoms with E-state index in [2.05, 4.69) is 20.5 Å². The van der Waals surface area contributed by atoms with Crippen LogP contribution in [0.4, 0.5) is 5.69 Å². The number of H-pyrrole nitrogens is 1. The molecule has 0 aliphatic carbocycles. The molecule has 6 nitrogen and oxygen atoms in total. The number of aromatic amines is 1. The zero-order chi connectivity index (χ0) is 13.1. The van der Waals surface area contributed by atoms with Crippen molar-refractivity contribution in [2.75, 3.05) is 5.73 Å². The summed E-state index contributed by atoms with van der Waals surface area (Å²) in [5.74, 6) is 0.230. The minimum absolute atomic E-state index is 0.235. The number of nitrogens with zero attached hydrogens (tertiary/aromatic N) is 2. The highest BCUT2D eigenvalue weighted by molar-refractivity contribution is 6.43. The van der Waals surface area contributed by atoms with Gasteiger partial charge in [0.1, 0.15) is 12.2 Å². The highest BCUT2D eigenvalue weighted by Gasteiger charge is 2.11. The van der Waals surface area contributed by atoms with Gasteiger partial charge in [0.05, 0.1) is 22.3 Å². The van der Waals surface area contributed by atoms with Gasteiger partial charge in [0.2, 0.25) is 0 Å². The van der Waals surface area contributed by atoms with Crippen LogP contribution in [0.25, 0.3) is 0 Å². The molecule has 94 valence electrons. The number of aromatic nitrogens is 3. The van der Waals surface area contributed by atoms with E-state index < -0.39 is 0 Å². The molecule has 0 radical (unpaired) electrons. The van der Waals surface area contributed by atoms with E-state index in [9.17, 15) is 4.79 Å². The van der Waals surface area contributed by atoms with Gasteiger partial charge in [-0.3, -0.25) is 9.89 Å². The molecule has 0 aliphatic rings. The molecule has 4 N–H and O–H groups in total. The Kier molecular flexibility index (Phi) is 3.69. The van der Waals surface area contributed by atoms with Crippen LogP contribution in [0, 0.1) is 0 Å². The number of carbonyl (C=O) groups is 1. The van der Waals surface area contributed by atoms with Crippen LogP contribution >= 0.6 is 23.2 Å². The van der Waals surface area contributed by atoms with Crippen molar-refractivity contribution in [3.8, 4) is 0 Å². The number of nitrogen functional groups attached to an aromatic ring is 1. The third-order valence-corrected chi connectivity index (χ3v) is 3.02. The summed E-state index contributed by atoms with van der Waals surface area (Å²) >= 11 is 11.6. The average molecular weight is 286 g/mol. The van der Waals surface area contributed by atoms with Crippen LogP contribution in [-0.2, 0) is 6.54 Å². The lowest BCUT2D eigenvalue weighted by molar-refractivity contribution is 0.0950. The molecule has 8 heteroatoms. The first-order chi connectivity index (χ1) is 8.58. The number of nitrogens with two attached hydrogens (primary N) is 1. The van der Waals surface area contributed by atoms with Gasteiger partial charge in [-0.2, -0.15) is 5.10 Å². The van der Waals surface area contributed by atoms with Crippen LogP contribution in [-0.4, -0.2) is 21.1 Å². The number of anilines is 1. The number of rotatable bonds is 3. The number of amides is 1. The quantitative estimate of drug-likeness (QED) is 0.747. The lowest BCUT2D eigenvalue weighted by Gasteiger charge is -2.06. The summed E-state index contributed by atoms with van der Waals surface area (Å²) in [5, 5.41) is 9.42. The summed E-state index contributed by atoms with van der Waals surface area (Å²) in [6.45, 7) is 0.235. The Morgan fingerprint density at radius 1 is 1.44 bits per heavy atom. The fourth-order valence-electron chi connectivity index (χ4n) is 1.32. The lowest BCUT2D eigenvalue weighted by atomic mass is 10.2. The number of hydrogen-bond acceptors (Lipinski definition) is 4. The Morgan fingerprint density at radius 3 is 2.83 bits per heavy atom. The third-order valence-electron chi connectivity index (χ3n) is 2.20. The molecular weight excluding hydrogens is 277 g/mol. The van der Waals surface area contributed by atoms with Crippen molar-refractivity contribution in [1.29, 1.82) is 0 Å². The Morgan fingerprint density at radius 2 is 2.22 bits per heavy atom. The molecule has 1 aromatic heterocycles. The van der Waals surface area contributed by atoms with Gasteiger partial charge in [0, 0.05) is 5.56 Å². The van der Waals surface area contributed by atoms with Gasteiger partial charge in [0.15, 0.2) is 0 Å². The van der Waals surface area contributed by atoms with Crippen LogP contribution < -0.4 is 11.1 Å². The number of halogens is 2. The standard InChI is InChI=1S/C10H9Cl2N5O/c11-6-1-5(2-7(13)9(6)12)10(18)14-3-8-15-4-16-17-8/h1-2,4H,3,13H2,(H,14,18)(H,15,16,17). The van der Waals surface area contributed by atoms with Gasteiger partial charge in [0.25, 0.3) is 5.91 Å². The first-order valence-electron chi connectivity index (χ1n) is 4.95. The third kappa shape index (κ3) is 2.72. The summed E-state index contributed by atoms with van der Waals surface area (Å²) in [6.07, 6.45) is 1.36. The zero-order valence-electron chi connectivity index (χ0n) is 9.08. The van der Waals surface area contributed by atoms with Crippen LogP contribution in [0.3, 0.4) is 0 Å². The van der Waals surface area contributed by atoms with Gasteiger partial charge in [-0.15, -0.1) is 0 Å². The van der Waals surface area contributed by atoms with Crippen LogP contribution in [0.5, 0.6) is 0 Å². The van der Waals surface area contributed by atoms with E-state index in [0.29, 0.717) is 11.4 Å². The molecule has 0 atom stereocenters. The lowest BCUT2D eigenvalue weighted by Crippen LogP contribution is -2.23. The molecule has 0 unspecified atom stereocenters. The van der Waals surface area contributed by atoms with Gasteiger partial charge in [-0.25, -0.2) is 4.98 Å². The molecule has 0 saturated carbocycles. The van der Waals surface area contributed by atoms with E-state index >= 15 is 0 Å². The maximum atomic E-state index is 11.8. The van der Waals surface area contributed by atoms with Crippen molar-refractivity contribution in [3.05, 3.63) is 39.9 Å². The van der Waals surface area contributed by atoms with Crippen molar-refractivity contribution in [1.82, 2.24) is 20.5 Å². The summed E-state index contributed by atoms with van der Waals surface area (Å²) in [5.41, 5.74) is 6.22. The van der Waals surface area contributed by atoms with Crippen molar-refractivity contribution >= 4 is 34.8 Å².